The van der Waals surface area contributed by atoms with Crippen molar-refractivity contribution in [3.8, 4) is 0 Å². The van der Waals surface area contributed by atoms with Crippen molar-refractivity contribution in [2.75, 3.05) is 13.2 Å². The van der Waals surface area contributed by atoms with Crippen LogP contribution in [-0.4, -0.2) is 13.2 Å². The lowest BCUT2D eigenvalue weighted by molar-refractivity contribution is 0.141. The van der Waals surface area contributed by atoms with Crippen molar-refractivity contribution in [1.82, 2.24) is 0 Å². The van der Waals surface area contributed by atoms with E-state index in [-0.39, 0.29) is 0 Å². The van der Waals surface area contributed by atoms with Gasteiger partial charge in [0.15, 0.2) is 0 Å². The number of rotatable bonds is 7. The van der Waals surface area contributed by atoms with Gasteiger partial charge in [-0.2, -0.15) is 0 Å². The van der Waals surface area contributed by atoms with Crippen LogP contribution in [0.2, 0.25) is 0 Å². The van der Waals surface area contributed by atoms with Gasteiger partial charge in [0, 0.05) is 17.2 Å². The van der Waals surface area contributed by atoms with Gasteiger partial charge in [-0.25, -0.2) is 4.57 Å². The lowest BCUT2D eigenvalue weighted by Gasteiger charge is -2.23. The van der Waals surface area contributed by atoms with Crippen LogP contribution in [0.1, 0.15) is 43.9 Å². The number of phosphoric ester groups is 1. The minimum absolute atomic E-state index is 0.304. The van der Waals surface area contributed by atoms with Gasteiger partial charge in [0.1, 0.15) is 5.76 Å². The van der Waals surface area contributed by atoms with E-state index in [1.54, 1.807) is 25.2 Å². The Bertz CT molecular complexity index is 473. The van der Waals surface area contributed by atoms with Crippen LogP contribution in [0.5, 0.6) is 0 Å². The molecule has 0 radical (unpaired) electrons. The highest BCUT2D eigenvalue weighted by Crippen LogP contribution is 2.52. The van der Waals surface area contributed by atoms with Crippen LogP contribution in [0.15, 0.2) is 29.3 Å². The Labute approximate surface area is 124 Å². The Morgan fingerprint density at radius 2 is 2.10 bits per heavy atom. The summed E-state index contributed by atoms with van der Waals surface area (Å²) < 4.78 is 28.3. The van der Waals surface area contributed by atoms with E-state index in [4.69, 9.17) is 13.6 Å². The van der Waals surface area contributed by atoms with Gasteiger partial charge < -0.3 is 4.52 Å². The molecule has 1 heterocycles. The first kappa shape index (κ1) is 15.8. The molecule has 4 nitrogen and oxygen atoms in total. The van der Waals surface area contributed by atoms with Gasteiger partial charge in [-0.15, -0.1) is 11.3 Å². The molecule has 1 atom stereocenters. The molecule has 0 spiro atoms. The van der Waals surface area contributed by atoms with Gasteiger partial charge in [-0.05, 0) is 44.2 Å². The second-order valence-electron chi connectivity index (χ2n) is 4.52. The summed E-state index contributed by atoms with van der Waals surface area (Å²) in [6.07, 6.45) is 4.96. The van der Waals surface area contributed by atoms with Gasteiger partial charge in [-0.3, -0.25) is 9.05 Å². The zero-order chi connectivity index (χ0) is 14.4. The molecule has 6 heteroatoms. The molecule has 0 aliphatic heterocycles. The molecular weight excluding hydrogens is 295 g/mol. The van der Waals surface area contributed by atoms with Crippen LogP contribution in [0, 0.1) is 0 Å². The lowest BCUT2D eigenvalue weighted by Crippen LogP contribution is -2.06. The number of allylic oxidation sites excluding steroid dienone is 2. The van der Waals surface area contributed by atoms with Crippen LogP contribution < -0.4 is 0 Å². The average Bonchev–Trinajstić information content (AvgIpc) is 2.93. The van der Waals surface area contributed by atoms with Gasteiger partial charge in [0.05, 0.1) is 13.2 Å². The van der Waals surface area contributed by atoms with E-state index in [0.29, 0.717) is 19.1 Å². The van der Waals surface area contributed by atoms with E-state index < -0.39 is 7.82 Å². The molecule has 112 valence electrons. The van der Waals surface area contributed by atoms with Crippen molar-refractivity contribution in [2.45, 2.75) is 39.0 Å². The Balaban J connectivity index is 2.09. The normalized spacial score (nSPS) is 19.7. The Morgan fingerprint density at radius 1 is 1.35 bits per heavy atom. The summed E-state index contributed by atoms with van der Waals surface area (Å²) in [6, 6.07) is 4.17. The van der Waals surface area contributed by atoms with Gasteiger partial charge >= 0.3 is 7.82 Å². The second-order valence-corrected chi connectivity index (χ2v) is 7.09. The maximum absolute atomic E-state index is 12.4. The molecule has 2 rings (SSSR count). The van der Waals surface area contributed by atoms with E-state index in [1.165, 1.54) is 4.88 Å². The van der Waals surface area contributed by atoms with E-state index >= 15 is 0 Å². The predicted octanol–water partition coefficient (Wildman–Crippen LogP) is 5.10. The maximum atomic E-state index is 12.4. The number of thiophene rings is 1. The van der Waals surface area contributed by atoms with Crippen molar-refractivity contribution in [2.24, 2.45) is 0 Å². The fourth-order valence-electron chi connectivity index (χ4n) is 2.24. The minimum Gasteiger partial charge on any atom is -0.409 e. The van der Waals surface area contributed by atoms with E-state index in [1.807, 2.05) is 6.07 Å². The summed E-state index contributed by atoms with van der Waals surface area (Å²) in [4.78, 5) is 1.31. The van der Waals surface area contributed by atoms with Crippen LogP contribution in [0.4, 0.5) is 0 Å². The SMILES string of the molecule is CCOP(=O)(OCC)OC1=CC(c2cccs2)CCC1. The first-order valence-corrected chi connectivity index (χ1v) is 9.33. The third-order valence-corrected chi connectivity index (χ3v) is 5.65. The van der Waals surface area contributed by atoms with Crippen LogP contribution in [0.25, 0.3) is 0 Å². The molecular formula is C14H21O4PS. The molecule has 0 aromatic carbocycles. The maximum Gasteiger partial charge on any atom is 0.529 e. The molecule has 1 unspecified atom stereocenters. The third-order valence-electron chi connectivity index (χ3n) is 3.04. The van der Waals surface area contributed by atoms with Crippen molar-refractivity contribution in [3.05, 3.63) is 34.2 Å². The van der Waals surface area contributed by atoms with E-state index in [2.05, 4.69) is 17.5 Å². The lowest BCUT2D eigenvalue weighted by atomic mass is 9.93. The Hall–Kier alpha value is -0.610. The predicted molar refractivity (Wildman–Crippen MR) is 80.9 cm³/mol. The van der Waals surface area contributed by atoms with Crippen molar-refractivity contribution < 1.29 is 18.1 Å². The molecule has 0 saturated heterocycles. The quantitative estimate of drug-likeness (QED) is 0.657. The number of hydrogen-bond donors (Lipinski definition) is 0. The smallest absolute Gasteiger partial charge is 0.409 e. The molecule has 0 N–H and O–H groups in total. The Morgan fingerprint density at radius 3 is 2.70 bits per heavy atom. The number of phosphoric acid groups is 1. The van der Waals surface area contributed by atoms with Crippen molar-refractivity contribution in [1.29, 1.82) is 0 Å². The fourth-order valence-corrected chi connectivity index (χ4v) is 4.32. The van der Waals surface area contributed by atoms with E-state index in [9.17, 15) is 4.57 Å². The third kappa shape index (κ3) is 4.19. The Kier molecular flexibility index (Phi) is 5.85. The summed E-state index contributed by atoms with van der Waals surface area (Å²) in [5, 5.41) is 2.07. The molecule has 1 aliphatic rings. The first-order valence-electron chi connectivity index (χ1n) is 6.99. The summed E-state index contributed by atoms with van der Waals surface area (Å²) >= 11 is 1.74. The van der Waals surface area contributed by atoms with Gasteiger partial charge in [-0.1, -0.05) is 6.07 Å². The molecule has 0 bridgehead atoms. The highest BCUT2D eigenvalue weighted by atomic mass is 32.1. The fraction of sp³-hybridized carbons (Fsp3) is 0.571. The number of hydrogen-bond acceptors (Lipinski definition) is 5. The topological polar surface area (TPSA) is 44.8 Å². The minimum atomic E-state index is -3.46. The zero-order valence-corrected chi connectivity index (χ0v) is 13.6. The van der Waals surface area contributed by atoms with Crippen molar-refractivity contribution >= 4 is 19.2 Å². The highest BCUT2D eigenvalue weighted by molar-refractivity contribution is 7.48. The van der Waals surface area contributed by atoms with Gasteiger partial charge in [0.25, 0.3) is 0 Å². The second kappa shape index (κ2) is 7.41. The highest BCUT2D eigenvalue weighted by Gasteiger charge is 2.29. The molecule has 0 saturated carbocycles. The van der Waals surface area contributed by atoms with Crippen LogP contribution in [-0.2, 0) is 18.1 Å². The molecule has 1 aromatic heterocycles. The van der Waals surface area contributed by atoms with Crippen LogP contribution in [0.3, 0.4) is 0 Å². The summed E-state index contributed by atoms with van der Waals surface area (Å²) in [5.41, 5.74) is 0. The molecule has 1 aromatic rings. The average molecular weight is 316 g/mol. The van der Waals surface area contributed by atoms with Crippen molar-refractivity contribution in [3.63, 3.8) is 0 Å². The first-order chi connectivity index (χ1) is 9.67. The standard InChI is InChI=1S/C14H21O4PS/c1-3-16-19(15,17-4-2)18-13-8-5-7-12(11-13)14-9-6-10-20-14/h6,9-12H,3-5,7-8H2,1-2H3. The zero-order valence-electron chi connectivity index (χ0n) is 11.9. The molecule has 0 fully saturated rings. The summed E-state index contributed by atoms with van der Waals surface area (Å²) in [5.74, 6) is 1.07. The molecule has 0 amide bonds. The summed E-state index contributed by atoms with van der Waals surface area (Å²) in [6.45, 7) is 4.16. The summed E-state index contributed by atoms with van der Waals surface area (Å²) in [7, 11) is -3.46. The molecule has 1 aliphatic carbocycles. The monoisotopic (exact) mass is 316 g/mol. The van der Waals surface area contributed by atoms with Gasteiger partial charge in [0.2, 0.25) is 0 Å². The van der Waals surface area contributed by atoms with Crippen LogP contribution >= 0.6 is 19.2 Å². The largest absolute Gasteiger partial charge is 0.529 e. The van der Waals surface area contributed by atoms with E-state index in [0.717, 1.165) is 25.0 Å². The molecule has 20 heavy (non-hydrogen) atoms.